The average Bonchev–Trinajstić information content (AvgIpc) is 3.23. The van der Waals surface area contributed by atoms with Crippen molar-refractivity contribution in [2.75, 3.05) is 6.54 Å². The predicted molar refractivity (Wildman–Crippen MR) is 102 cm³/mol. The Hall–Kier alpha value is -2.52. The Balaban J connectivity index is 1.97. The monoisotopic (exact) mass is 391 g/mol. The minimum absolute atomic E-state index is 0.243. The van der Waals surface area contributed by atoms with Gasteiger partial charge in [0.1, 0.15) is 17.9 Å². The second-order valence-electron chi connectivity index (χ2n) is 5.99. The van der Waals surface area contributed by atoms with Gasteiger partial charge in [-0.05, 0) is 25.3 Å². The van der Waals surface area contributed by atoms with Crippen molar-refractivity contribution in [3.63, 3.8) is 0 Å². The zero-order valence-electron chi connectivity index (χ0n) is 14.2. The van der Waals surface area contributed by atoms with Crippen molar-refractivity contribution in [1.82, 2.24) is 14.5 Å². The fourth-order valence-corrected chi connectivity index (χ4v) is 4.36. The summed E-state index contributed by atoms with van der Waals surface area (Å²) >= 11 is 2.91. The van der Waals surface area contributed by atoms with Crippen LogP contribution in [0.3, 0.4) is 0 Å². The quantitative estimate of drug-likeness (QED) is 0.697. The van der Waals surface area contributed by atoms with E-state index in [9.17, 15) is 14.4 Å². The molecule has 136 valence electrons. The number of hydrogen-bond acceptors (Lipinski definition) is 6. The molecule has 1 N–H and O–H groups in total. The number of nitrogens with zero attached hydrogens (tertiary/aromatic N) is 3. The first-order valence-corrected chi connectivity index (χ1v) is 9.66. The van der Waals surface area contributed by atoms with Crippen LogP contribution in [0, 0.1) is 0 Å². The van der Waals surface area contributed by atoms with Crippen LogP contribution in [0.5, 0.6) is 0 Å². The molecule has 0 aliphatic heterocycles. The van der Waals surface area contributed by atoms with E-state index in [2.05, 4.69) is 4.98 Å². The van der Waals surface area contributed by atoms with Gasteiger partial charge in [0, 0.05) is 21.9 Å². The number of hydrogen-bond donors (Lipinski definition) is 1. The SMILES string of the molecule is CC(C)N(CC(=O)O)C(=O)Cn1cnc2scc(-c3cccs3)c2c1=O. The molecule has 0 unspecified atom stereocenters. The third-order valence-corrected chi connectivity index (χ3v) is 5.69. The van der Waals surface area contributed by atoms with Crippen LogP contribution in [0.4, 0.5) is 0 Å². The third kappa shape index (κ3) is 3.54. The number of amides is 1. The van der Waals surface area contributed by atoms with Crippen molar-refractivity contribution in [3.8, 4) is 10.4 Å². The van der Waals surface area contributed by atoms with Crippen molar-refractivity contribution in [1.29, 1.82) is 0 Å². The molecule has 0 bridgehead atoms. The number of carboxylic acid groups (broad SMARTS) is 1. The second-order valence-corrected chi connectivity index (χ2v) is 7.80. The van der Waals surface area contributed by atoms with Gasteiger partial charge < -0.3 is 10.0 Å². The van der Waals surface area contributed by atoms with Crippen molar-refractivity contribution < 1.29 is 14.7 Å². The number of rotatable bonds is 6. The molecule has 0 aliphatic carbocycles. The summed E-state index contributed by atoms with van der Waals surface area (Å²) < 4.78 is 1.24. The fourth-order valence-electron chi connectivity index (χ4n) is 2.63. The van der Waals surface area contributed by atoms with E-state index in [-0.39, 0.29) is 18.1 Å². The number of carbonyl (C=O) groups excluding carboxylic acids is 1. The highest BCUT2D eigenvalue weighted by molar-refractivity contribution is 7.18. The van der Waals surface area contributed by atoms with Crippen LogP contribution in [0.1, 0.15) is 13.8 Å². The summed E-state index contributed by atoms with van der Waals surface area (Å²) in [6, 6.07) is 3.56. The Morgan fingerprint density at radius 3 is 2.73 bits per heavy atom. The van der Waals surface area contributed by atoms with Crippen LogP contribution in [-0.2, 0) is 16.1 Å². The van der Waals surface area contributed by atoms with Crippen LogP contribution in [0.25, 0.3) is 20.7 Å². The average molecular weight is 391 g/mol. The zero-order chi connectivity index (χ0) is 18.8. The highest BCUT2D eigenvalue weighted by Gasteiger charge is 2.21. The van der Waals surface area contributed by atoms with Gasteiger partial charge in [-0.3, -0.25) is 19.0 Å². The van der Waals surface area contributed by atoms with Gasteiger partial charge in [0.15, 0.2) is 0 Å². The maximum atomic E-state index is 12.9. The van der Waals surface area contributed by atoms with Gasteiger partial charge >= 0.3 is 5.97 Å². The summed E-state index contributed by atoms with van der Waals surface area (Å²) in [6.07, 6.45) is 1.34. The lowest BCUT2D eigenvalue weighted by Crippen LogP contribution is -2.43. The molecule has 0 atom stereocenters. The molecule has 0 fully saturated rings. The first-order valence-electron chi connectivity index (χ1n) is 7.90. The van der Waals surface area contributed by atoms with Crippen LogP contribution >= 0.6 is 22.7 Å². The Kier molecular flexibility index (Phi) is 5.19. The normalized spacial score (nSPS) is 11.2. The van der Waals surface area contributed by atoms with Crippen LogP contribution < -0.4 is 5.56 Å². The van der Waals surface area contributed by atoms with Crippen molar-refractivity contribution in [3.05, 3.63) is 39.6 Å². The Labute approximate surface area is 157 Å². The van der Waals surface area contributed by atoms with Gasteiger partial charge in [-0.2, -0.15) is 0 Å². The maximum Gasteiger partial charge on any atom is 0.323 e. The van der Waals surface area contributed by atoms with Gasteiger partial charge in [0.25, 0.3) is 5.56 Å². The zero-order valence-corrected chi connectivity index (χ0v) is 15.8. The molecule has 3 heterocycles. The predicted octanol–water partition coefficient (Wildman–Crippen LogP) is 2.51. The number of aliphatic carboxylic acids is 1. The van der Waals surface area contributed by atoms with Gasteiger partial charge in [-0.1, -0.05) is 6.07 Å². The Bertz CT molecular complexity index is 1000. The van der Waals surface area contributed by atoms with E-state index >= 15 is 0 Å². The molecule has 9 heteroatoms. The van der Waals surface area contributed by atoms with Crippen LogP contribution in [0.15, 0.2) is 34.0 Å². The number of fused-ring (bicyclic) bond motifs is 1. The fraction of sp³-hybridized carbons (Fsp3) is 0.294. The van der Waals surface area contributed by atoms with E-state index in [1.165, 1.54) is 38.5 Å². The minimum Gasteiger partial charge on any atom is -0.480 e. The number of aromatic nitrogens is 2. The molecule has 7 nitrogen and oxygen atoms in total. The number of carboxylic acids is 1. The summed E-state index contributed by atoms with van der Waals surface area (Å²) in [5.41, 5.74) is 0.512. The van der Waals surface area contributed by atoms with E-state index in [0.717, 1.165) is 10.4 Å². The standard InChI is InChI=1S/C17H17N3O4S2/c1-10(2)20(7-14(22)23)13(21)6-19-9-18-16-15(17(19)24)11(8-26-16)12-4-3-5-25-12/h3-5,8-10H,6-7H2,1-2H3,(H,22,23). The summed E-state index contributed by atoms with van der Waals surface area (Å²) in [7, 11) is 0. The smallest absolute Gasteiger partial charge is 0.323 e. The molecule has 1 amide bonds. The van der Waals surface area contributed by atoms with Crippen LogP contribution in [0.2, 0.25) is 0 Å². The molecule has 3 rings (SSSR count). The third-order valence-electron chi connectivity index (χ3n) is 3.90. The molecule has 3 aromatic heterocycles. The molecule has 0 spiro atoms. The minimum atomic E-state index is -1.09. The number of carbonyl (C=O) groups is 2. The summed E-state index contributed by atoms with van der Waals surface area (Å²) in [5, 5.41) is 13.3. The summed E-state index contributed by atoms with van der Waals surface area (Å²) in [5.74, 6) is -1.52. The molecular weight excluding hydrogens is 374 g/mol. The number of thiophene rings is 2. The molecule has 0 saturated heterocycles. The van der Waals surface area contributed by atoms with E-state index in [1.807, 2.05) is 22.9 Å². The molecule has 0 aromatic carbocycles. The molecule has 3 aromatic rings. The highest BCUT2D eigenvalue weighted by atomic mass is 32.1. The molecular formula is C17H17N3O4S2. The largest absolute Gasteiger partial charge is 0.480 e. The summed E-state index contributed by atoms with van der Waals surface area (Å²) in [6.45, 7) is 2.82. The van der Waals surface area contributed by atoms with E-state index in [0.29, 0.717) is 10.2 Å². The molecule has 0 saturated carbocycles. The van der Waals surface area contributed by atoms with Crippen molar-refractivity contribution in [2.45, 2.75) is 26.4 Å². The second kappa shape index (κ2) is 7.38. The first kappa shape index (κ1) is 18.3. The summed E-state index contributed by atoms with van der Waals surface area (Å²) in [4.78, 5) is 43.5. The Morgan fingerprint density at radius 2 is 2.12 bits per heavy atom. The topological polar surface area (TPSA) is 92.5 Å². The van der Waals surface area contributed by atoms with E-state index in [4.69, 9.17) is 5.11 Å². The lowest BCUT2D eigenvalue weighted by atomic mass is 10.2. The first-order chi connectivity index (χ1) is 12.4. The van der Waals surface area contributed by atoms with Gasteiger partial charge in [-0.15, -0.1) is 22.7 Å². The maximum absolute atomic E-state index is 12.9. The van der Waals surface area contributed by atoms with Crippen LogP contribution in [-0.4, -0.2) is 44.0 Å². The molecule has 0 radical (unpaired) electrons. The van der Waals surface area contributed by atoms with Crippen molar-refractivity contribution in [2.24, 2.45) is 0 Å². The lowest BCUT2D eigenvalue weighted by Gasteiger charge is -2.25. The van der Waals surface area contributed by atoms with E-state index < -0.39 is 18.4 Å². The van der Waals surface area contributed by atoms with Gasteiger partial charge in [0.2, 0.25) is 5.91 Å². The Morgan fingerprint density at radius 1 is 1.35 bits per heavy atom. The van der Waals surface area contributed by atoms with Gasteiger partial charge in [0.05, 0.1) is 11.7 Å². The van der Waals surface area contributed by atoms with Crippen molar-refractivity contribution >= 4 is 44.8 Å². The lowest BCUT2D eigenvalue weighted by molar-refractivity contribution is -0.146. The van der Waals surface area contributed by atoms with Gasteiger partial charge in [-0.25, -0.2) is 4.98 Å². The highest BCUT2D eigenvalue weighted by Crippen LogP contribution is 2.33. The molecule has 0 aliphatic rings. The molecule has 26 heavy (non-hydrogen) atoms. The van der Waals surface area contributed by atoms with E-state index in [1.54, 1.807) is 13.8 Å².